The SMILES string of the molecule is COc1ccc2cc(-c3cc(-c4cc(Cl)cc(Cl)c4)nn3C(C)c3ccc(C(=O)O)s3)ccc2c1. The zero-order chi connectivity index (χ0) is 24.7. The van der Waals surface area contributed by atoms with E-state index in [9.17, 15) is 9.90 Å². The molecule has 35 heavy (non-hydrogen) atoms. The summed E-state index contributed by atoms with van der Waals surface area (Å²) in [6, 6.07) is 22.8. The molecular weight excluding hydrogens is 503 g/mol. The summed E-state index contributed by atoms with van der Waals surface area (Å²) in [7, 11) is 1.65. The first-order chi connectivity index (χ1) is 16.8. The Hall–Kier alpha value is -3.32. The zero-order valence-corrected chi connectivity index (χ0v) is 21.2. The Balaban J connectivity index is 1.66. The van der Waals surface area contributed by atoms with E-state index in [2.05, 4.69) is 12.1 Å². The molecule has 5 aromatic rings. The maximum atomic E-state index is 11.4. The van der Waals surface area contributed by atoms with Crippen molar-refractivity contribution in [1.82, 2.24) is 9.78 Å². The van der Waals surface area contributed by atoms with Crippen molar-refractivity contribution in [3.8, 4) is 28.3 Å². The van der Waals surface area contributed by atoms with E-state index in [1.807, 2.05) is 60.1 Å². The Kier molecular flexibility index (Phi) is 6.28. The van der Waals surface area contributed by atoms with Gasteiger partial charge in [-0.1, -0.05) is 41.4 Å². The average molecular weight is 523 g/mol. The first-order valence-corrected chi connectivity index (χ1v) is 12.4. The second-order valence-electron chi connectivity index (χ2n) is 8.13. The van der Waals surface area contributed by atoms with Gasteiger partial charge in [0, 0.05) is 26.0 Å². The van der Waals surface area contributed by atoms with Crippen LogP contribution in [0.5, 0.6) is 5.75 Å². The average Bonchev–Trinajstić information content (AvgIpc) is 3.51. The quantitative estimate of drug-likeness (QED) is 0.245. The van der Waals surface area contributed by atoms with Gasteiger partial charge in [-0.15, -0.1) is 11.3 Å². The van der Waals surface area contributed by atoms with Crippen molar-refractivity contribution in [3.05, 3.63) is 92.6 Å². The van der Waals surface area contributed by atoms with Crippen LogP contribution in [0.3, 0.4) is 0 Å². The molecule has 0 aliphatic heterocycles. The van der Waals surface area contributed by atoms with Crippen molar-refractivity contribution in [1.29, 1.82) is 0 Å². The second kappa shape index (κ2) is 9.38. The lowest BCUT2D eigenvalue weighted by Gasteiger charge is -2.15. The van der Waals surface area contributed by atoms with Gasteiger partial charge in [0.1, 0.15) is 10.6 Å². The number of hydrogen-bond donors (Lipinski definition) is 1. The van der Waals surface area contributed by atoms with Crippen molar-refractivity contribution in [2.75, 3.05) is 7.11 Å². The molecule has 0 amide bonds. The third kappa shape index (κ3) is 4.65. The van der Waals surface area contributed by atoms with Crippen LogP contribution in [0.25, 0.3) is 33.3 Å². The van der Waals surface area contributed by atoms with Crippen molar-refractivity contribution in [3.63, 3.8) is 0 Å². The van der Waals surface area contributed by atoms with E-state index in [1.165, 1.54) is 11.3 Å². The predicted octanol–water partition coefficient (Wildman–Crippen LogP) is 8.05. The number of thiophene rings is 1. The number of ether oxygens (including phenoxy) is 1. The molecule has 1 unspecified atom stereocenters. The van der Waals surface area contributed by atoms with Crippen LogP contribution in [-0.4, -0.2) is 28.0 Å². The van der Waals surface area contributed by atoms with Crippen molar-refractivity contribution < 1.29 is 14.6 Å². The van der Waals surface area contributed by atoms with Gasteiger partial charge >= 0.3 is 5.97 Å². The first kappa shape index (κ1) is 23.4. The lowest BCUT2D eigenvalue weighted by Crippen LogP contribution is -2.09. The Morgan fingerprint density at radius 1 is 0.943 bits per heavy atom. The van der Waals surface area contributed by atoms with Crippen molar-refractivity contribution in [2.24, 2.45) is 0 Å². The molecular formula is C27H20Cl2N2O3S. The Bertz CT molecular complexity index is 1550. The van der Waals surface area contributed by atoms with Gasteiger partial charge in [-0.25, -0.2) is 4.79 Å². The number of carboxylic acids is 1. The normalized spacial score (nSPS) is 12.1. The molecule has 2 heterocycles. The van der Waals surface area contributed by atoms with Gasteiger partial charge in [-0.05, 0) is 72.3 Å². The molecule has 0 aliphatic carbocycles. The smallest absolute Gasteiger partial charge is 0.345 e. The number of hydrogen-bond acceptors (Lipinski definition) is 4. The van der Waals surface area contributed by atoms with E-state index >= 15 is 0 Å². The molecule has 176 valence electrons. The number of rotatable bonds is 6. The number of carboxylic acid groups (broad SMARTS) is 1. The minimum absolute atomic E-state index is 0.196. The van der Waals surface area contributed by atoms with E-state index in [1.54, 1.807) is 19.2 Å². The van der Waals surface area contributed by atoms with Crippen LogP contribution < -0.4 is 4.74 Å². The number of nitrogens with zero attached hydrogens (tertiary/aromatic N) is 2. The van der Waals surface area contributed by atoms with Gasteiger partial charge in [-0.3, -0.25) is 4.68 Å². The summed E-state index contributed by atoms with van der Waals surface area (Å²) in [4.78, 5) is 12.6. The predicted molar refractivity (Wildman–Crippen MR) is 142 cm³/mol. The van der Waals surface area contributed by atoms with Crippen molar-refractivity contribution in [2.45, 2.75) is 13.0 Å². The molecule has 0 saturated heterocycles. The van der Waals surface area contributed by atoms with Gasteiger partial charge in [0.05, 0.1) is 24.5 Å². The van der Waals surface area contributed by atoms with Gasteiger partial charge < -0.3 is 9.84 Å². The topological polar surface area (TPSA) is 64.4 Å². The molecule has 8 heteroatoms. The van der Waals surface area contributed by atoms with E-state index in [-0.39, 0.29) is 6.04 Å². The second-order valence-corrected chi connectivity index (χ2v) is 10.1. The van der Waals surface area contributed by atoms with Gasteiger partial charge in [-0.2, -0.15) is 5.10 Å². The third-order valence-corrected chi connectivity index (χ3v) is 7.53. The fraction of sp³-hybridized carbons (Fsp3) is 0.111. The molecule has 5 rings (SSSR count). The van der Waals surface area contributed by atoms with E-state index in [0.29, 0.717) is 14.9 Å². The number of aromatic nitrogens is 2. The van der Waals surface area contributed by atoms with Crippen LogP contribution >= 0.6 is 34.5 Å². The van der Waals surface area contributed by atoms with Gasteiger partial charge in [0.15, 0.2) is 0 Å². The summed E-state index contributed by atoms with van der Waals surface area (Å²) in [6.07, 6.45) is 0. The number of carbonyl (C=O) groups is 1. The van der Waals surface area contributed by atoms with Crippen LogP contribution in [0.1, 0.15) is 27.5 Å². The fourth-order valence-electron chi connectivity index (χ4n) is 4.07. The molecule has 0 fully saturated rings. The summed E-state index contributed by atoms with van der Waals surface area (Å²) in [6.45, 7) is 2.01. The highest BCUT2D eigenvalue weighted by atomic mass is 35.5. The summed E-state index contributed by atoms with van der Waals surface area (Å²) in [5.41, 5.74) is 3.40. The monoisotopic (exact) mass is 522 g/mol. The highest BCUT2D eigenvalue weighted by molar-refractivity contribution is 7.14. The van der Waals surface area contributed by atoms with Gasteiger partial charge in [0.2, 0.25) is 0 Å². The lowest BCUT2D eigenvalue weighted by molar-refractivity contribution is 0.0702. The molecule has 0 radical (unpaired) electrons. The minimum Gasteiger partial charge on any atom is -0.497 e. The van der Waals surface area contributed by atoms with Gasteiger partial charge in [0.25, 0.3) is 0 Å². The maximum absolute atomic E-state index is 11.4. The molecule has 0 aliphatic rings. The standard InChI is InChI=1S/C27H20Cl2N2O3S/c1-15(25-7-8-26(35-25)27(32)33)31-24(14-23(30-31)19-10-20(28)13-21(29)11-19)18-4-3-17-12-22(34-2)6-5-16(17)9-18/h3-15H,1-2H3,(H,32,33). The largest absolute Gasteiger partial charge is 0.497 e. The number of halogens is 2. The number of aromatic carboxylic acids is 1. The van der Waals surface area contributed by atoms with Crippen LogP contribution in [0.15, 0.2) is 72.8 Å². The maximum Gasteiger partial charge on any atom is 0.345 e. The van der Waals surface area contributed by atoms with Crippen molar-refractivity contribution >= 4 is 51.3 Å². The Morgan fingerprint density at radius 2 is 1.66 bits per heavy atom. The highest BCUT2D eigenvalue weighted by Gasteiger charge is 2.20. The molecule has 3 aromatic carbocycles. The Morgan fingerprint density at radius 3 is 2.34 bits per heavy atom. The van der Waals surface area contributed by atoms with Crippen LogP contribution in [-0.2, 0) is 0 Å². The molecule has 0 spiro atoms. The molecule has 2 aromatic heterocycles. The number of benzene rings is 3. The zero-order valence-electron chi connectivity index (χ0n) is 18.8. The third-order valence-electron chi connectivity index (χ3n) is 5.85. The number of methoxy groups -OCH3 is 1. The summed E-state index contributed by atoms with van der Waals surface area (Å²) < 4.78 is 7.27. The van der Waals surface area contributed by atoms with E-state index in [0.717, 1.165) is 43.9 Å². The minimum atomic E-state index is -0.937. The first-order valence-electron chi connectivity index (χ1n) is 10.8. The molecule has 1 N–H and O–H groups in total. The summed E-state index contributed by atoms with van der Waals surface area (Å²) >= 11 is 13.8. The van der Waals surface area contributed by atoms with E-state index < -0.39 is 5.97 Å². The van der Waals surface area contributed by atoms with E-state index in [4.69, 9.17) is 33.0 Å². The fourth-order valence-corrected chi connectivity index (χ4v) is 5.48. The summed E-state index contributed by atoms with van der Waals surface area (Å²) in [5.74, 6) is -0.135. The molecule has 5 nitrogen and oxygen atoms in total. The molecule has 0 bridgehead atoms. The number of fused-ring (bicyclic) bond motifs is 1. The van der Waals surface area contributed by atoms with Crippen LogP contribution in [0.2, 0.25) is 10.0 Å². The molecule has 0 saturated carbocycles. The highest BCUT2D eigenvalue weighted by Crippen LogP contribution is 2.36. The van der Waals surface area contributed by atoms with Crippen LogP contribution in [0, 0.1) is 0 Å². The Labute approximate surface area is 216 Å². The van der Waals surface area contributed by atoms with Crippen LogP contribution in [0.4, 0.5) is 0 Å². The lowest BCUT2D eigenvalue weighted by atomic mass is 10.0. The summed E-state index contributed by atoms with van der Waals surface area (Å²) in [5, 5.41) is 17.5. The molecule has 1 atom stereocenters.